The Kier molecular flexibility index (Phi) is 7.92. The first-order valence-electron chi connectivity index (χ1n) is 18.7. The predicted octanol–water partition coefficient (Wildman–Crippen LogP) is 12.4. The summed E-state index contributed by atoms with van der Waals surface area (Å²) in [5, 5.41) is 45.1. The number of nitrogens with zero attached hydrogens (tertiary/aromatic N) is 6. The summed E-state index contributed by atoms with van der Waals surface area (Å²) in [5.74, 6) is 0. The lowest BCUT2D eigenvalue weighted by molar-refractivity contribution is 1.12. The molecule has 10 rings (SSSR count). The second kappa shape index (κ2) is 13.6. The summed E-state index contributed by atoms with van der Waals surface area (Å²) in [6.07, 6.45) is 0. The van der Waals surface area contributed by atoms with Crippen LogP contribution in [0.3, 0.4) is 0 Å². The van der Waals surface area contributed by atoms with Crippen molar-refractivity contribution in [3.05, 3.63) is 192 Å². The van der Waals surface area contributed by atoms with E-state index in [1.54, 1.807) is 6.07 Å². The van der Waals surface area contributed by atoms with E-state index in [1.807, 2.05) is 115 Å². The van der Waals surface area contributed by atoms with Gasteiger partial charge in [-0.05, 0) is 106 Å². The van der Waals surface area contributed by atoms with Gasteiger partial charge in [-0.3, -0.25) is 0 Å². The third-order valence-electron chi connectivity index (χ3n) is 11.1. The van der Waals surface area contributed by atoms with Gasteiger partial charge in [0.05, 0.1) is 68.3 Å². The van der Waals surface area contributed by atoms with Crippen LogP contribution in [0.2, 0.25) is 0 Å². The highest BCUT2D eigenvalue weighted by Crippen LogP contribution is 2.42. The Morgan fingerprint density at radius 2 is 0.810 bits per heavy atom. The summed E-state index contributed by atoms with van der Waals surface area (Å²) < 4.78 is 4.32. The van der Waals surface area contributed by atoms with E-state index in [1.165, 1.54) is 0 Å². The first-order valence-corrected chi connectivity index (χ1v) is 18.7. The fraction of sp³-hybridized carbons (Fsp3) is 0. The average Bonchev–Trinajstić information content (AvgIpc) is 3.80. The van der Waals surface area contributed by atoms with Gasteiger partial charge in [-0.25, -0.2) is 0 Å². The molecule has 0 aliphatic carbocycles. The van der Waals surface area contributed by atoms with Crippen molar-refractivity contribution in [3.8, 4) is 69.0 Å². The minimum atomic E-state index is 0.475. The van der Waals surface area contributed by atoms with E-state index in [9.17, 15) is 21.0 Å². The van der Waals surface area contributed by atoms with Crippen LogP contribution in [-0.4, -0.2) is 9.13 Å². The summed E-state index contributed by atoms with van der Waals surface area (Å²) in [7, 11) is 0. The number of nitriles is 4. The van der Waals surface area contributed by atoms with E-state index in [0.29, 0.717) is 33.6 Å². The first-order chi connectivity index (χ1) is 28.6. The molecule has 0 unspecified atom stereocenters. The maximum absolute atomic E-state index is 11.3. The van der Waals surface area contributed by atoms with Crippen LogP contribution in [0.4, 0.5) is 0 Å². The van der Waals surface area contributed by atoms with Crippen LogP contribution in [0, 0.1) is 45.3 Å². The summed E-state index contributed by atoms with van der Waals surface area (Å²) >= 11 is 0. The molecule has 58 heavy (non-hydrogen) atoms. The van der Waals surface area contributed by atoms with E-state index in [4.69, 9.17) is 0 Å². The topological polar surface area (TPSA) is 105 Å². The number of hydrogen-bond donors (Lipinski definition) is 0. The lowest BCUT2D eigenvalue weighted by atomic mass is 9.98. The van der Waals surface area contributed by atoms with Crippen molar-refractivity contribution >= 4 is 43.6 Å². The van der Waals surface area contributed by atoms with E-state index in [2.05, 4.69) is 81.9 Å². The SMILES string of the molecule is N#Cc1cccc(-c2cc(-n3c4ccccc4c4cc(-c5ccccc5C#N)ccc43)c(C#N)c(-n3c4ccccc4c4cc(-c5ccccc5C#N)ccc43)c2)c1. The van der Waals surface area contributed by atoms with Gasteiger partial charge in [0.25, 0.3) is 0 Å². The van der Waals surface area contributed by atoms with Gasteiger partial charge >= 0.3 is 0 Å². The highest BCUT2D eigenvalue weighted by atomic mass is 15.0. The van der Waals surface area contributed by atoms with Gasteiger partial charge in [0.1, 0.15) is 11.6 Å². The van der Waals surface area contributed by atoms with E-state index >= 15 is 0 Å². The quantitative estimate of drug-likeness (QED) is 0.175. The summed E-state index contributed by atoms with van der Waals surface area (Å²) in [6.45, 7) is 0. The van der Waals surface area contributed by atoms with Crippen LogP contribution >= 0.6 is 0 Å². The van der Waals surface area contributed by atoms with Crippen LogP contribution in [-0.2, 0) is 0 Å². The maximum Gasteiger partial charge on any atom is 0.104 e. The molecule has 0 saturated carbocycles. The molecule has 6 nitrogen and oxygen atoms in total. The zero-order valence-electron chi connectivity index (χ0n) is 30.8. The standard InChI is InChI=1S/C52H28N6/c53-29-33-10-9-13-34(24-33)39-27-51(57-47-18-7-5-16-42(47)44-25-35(20-22-49(44)57)40-14-3-1-11-37(40)30-54)46(32-56)52(28-39)58-48-19-8-6-17-43(48)45-26-36(21-23-50(45)58)41-15-4-2-12-38(41)31-55/h1-28H. The molecule has 0 N–H and O–H groups in total. The number of fused-ring (bicyclic) bond motifs is 6. The van der Waals surface area contributed by atoms with Crippen LogP contribution < -0.4 is 0 Å². The summed E-state index contributed by atoms with van der Waals surface area (Å²) in [4.78, 5) is 0. The van der Waals surface area contributed by atoms with Crippen molar-refractivity contribution in [2.45, 2.75) is 0 Å². The molecule has 0 radical (unpaired) electrons. The van der Waals surface area contributed by atoms with E-state index in [0.717, 1.165) is 77.0 Å². The van der Waals surface area contributed by atoms with Crippen molar-refractivity contribution in [1.82, 2.24) is 9.13 Å². The van der Waals surface area contributed by atoms with Crippen LogP contribution in [0.25, 0.3) is 88.4 Å². The molecule has 6 heteroatoms. The van der Waals surface area contributed by atoms with Gasteiger partial charge in [0.15, 0.2) is 0 Å². The molecule has 0 amide bonds. The van der Waals surface area contributed by atoms with Crippen molar-refractivity contribution in [2.24, 2.45) is 0 Å². The highest BCUT2D eigenvalue weighted by Gasteiger charge is 2.23. The van der Waals surface area contributed by atoms with Gasteiger partial charge in [-0.1, -0.05) is 97.1 Å². The number of hydrogen-bond acceptors (Lipinski definition) is 4. The summed E-state index contributed by atoms with van der Waals surface area (Å²) in [6, 6.07) is 65.3. The average molecular weight is 737 g/mol. The van der Waals surface area contributed by atoms with Gasteiger partial charge < -0.3 is 9.13 Å². The fourth-order valence-electron chi connectivity index (χ4n) is 8.48. The second-order valence-corrected chi connectivity index (χ2v) is 14.2. The van der Waals surface area contributed by atoms with E-state index in [-0.39, 0.29) is 0 Å². The number of benzene rings is 8. The Hall–Kier alpha value is -8.68. The smallest absolute Gasteiger partial charge is 0.104 e. The molecular weight excluding hydrogens is 709 g/mol. The molecule has 0 aliphatic rings. The van der Waals surface area contributed by atoms with Gasteiger partial charge in [-0.15, -0.1) is 0 Å². The molecule has 0 atom stereocenters. The molecule has 10 aromatic rings. The number of para-hydroxylation sites is 2. The molecule has 0 fully saturated rings. The van der Waals surface area contributed by atoms with E-state index < -0.39 is 0 Å². The largest absolute Gasteiger partial charge is 0.308 e. The zero-order chi connectivity index (χ0) is 39.3. The Morgan fingerprint density at radius 3 is 1.31 bits per heavy atom. The second-order valence-electron chi connectivity index (χ2n) is 14.2. The first kappa shape index (κ1) is 33.9. The van der Waals surface area contributed by atoms with Crippen molar-refractivity contribution in [1.29, 1.82) is 21.0 Å². The monoisotopic (exact) mass is 736 g/mol. The molecule has 0 saturated heterocycles. The van der Waals surface area contributed by atoms with Crippen LogP contribution in [0.1, 0.15) is 22.3 Å². The lowest BCUT2D eigenvalue weighted by Crippen LogP contribution is -2.05. The molecule has 0 aliphatic heterocycles. The zero-order valence-corrected chi connectivity index (χ0v) is 30.8. The fourth-order valence-corrected chi connectivity index (χ4v) is 8.48. The van der Waals surface area contributed by atoms with Crippen LogP contribution in [0.5, 0.6) is 0 Å². The molecule has 0 spiro atoms. The molecular formula is C52H28N6. The molecule has 8 aromatic carbocycles. The van der Waals surface area contributed by atoms with Gasteiger partial charge in [-0.2, -0.15) is 21.0 Å². The third-order valence-corrected chi connectivity index (χ3v) is 11.1. The lowest BCUT2D eigenvalue weighted by Gasteiger charge is -2.18. The van der Waals surface area contributed by atoms with Crippen molar-refractivity contribution < 1.29 is 0 Å². The molecule has 0 bridgehead atoms. The van der Waals surface area contributed by atoms with Crippen LogP contribution in [0.15, 0.2) is 170 Å². The minimum Gasteiger partial charge on any atom is -0.308 e. The molecule has 266 valence electrons. The summed E-state index contributed by atoms with van der Waals surface area (Å²) in [5.41, 5.74) is 12.5. The Bertz CT molecular complexity index is 3320. The number of aromatic nitrogens is 2. The molecule has 2 aromatic heterocycles. The Balaban J connectivity index is 1.30. The van der Waals surface area contributed by atoms with Crippen molar-refractivity contribution in [3.63, 3.8) is 0 Å². The van der Waals surface area contributed by atoms with Gasteiger partial charge in [0.2, 0.25) is 0 Å². The van der Waals surface area contributed by atoms with Crippen molar-refractivity contribution in [2.75, 3.05) is 0 Å². The Labute approximate surface area is 333 Å². The van der Waals surface area contributed by atoms with Gasteiger partial charge in [0, 0.05) is 21.5 Å². The normalized spacial score (nSPS) is 11.0. The highest BCUT2D eigenvalue weighted by molar-refractivity contribution is 6.12. The minimum absolute atomic E-state index is 0.475. The maximum atomic E-state index is 11.3. The Morgan fingerprint density at radius 1 is 0.328 bits per heavy atom. The molecule has 2 heterocycles. The predicted molar refractivity (Wildman–Crippen MR) is 230 cm³/mol. The third kappa shape index (κ3) is 5.23. The number of rotatable bonds is 5.